The zero-order valence-corrected chi connectivity index (χ0v) is 23.3. The van der Waals surface area contributed by atoms with Gasteiger partial charge in [-0.2, -0.15) is 0 Å². The number of amides is 3. The van der Waals surface area contributed by atoms with Crippen LogP contribution in [0, 0.1) is 11.8 Å². The van der Waals surface area contributed by atoms with Gasteiger partial charge in [0.2, 0.25) is 17.7 Å². The minimum absolute atomic E-state index is 0.0279. The molecule has 1 saturated heterocycles. The molecule has 40 heavy (non-hydrogen) atoms. The summed E-state index contributed by atoms with van der Waals surface area (Å²) in [5.74, 6) is -1.81. The number of nitrogens with zero attached hydrogens (tertiary/aromatic N) is 1. The number of carbonyl (C=O) groups excluding carboxylic acids is 3. The van der Waals surface area contributed by atoms with Gasteiger partial charge in [-0.05, 0) is 80.7 Å². The van der Waals surface area contributed by atoms with Gasteiger partial charge >= 0.3 is 6.29 Å². The van der Waals surface area contributed by atoms with Gasteiger partial charge < -0.3 is 25.0 Å². The number of piperazine rings is 1. The van der Waals surface area contributed by atoms with E-state index < -0.39 is 35.9 Å². The average molecular weight is 556 g/mol. The molecule has 2 heterocycles. The van der Waals surface area contributed by atoms with Crippen LogP contribution in [0.3, 0.4) is 0 Å². The van der Waals surface area contributed by atoms with Crippen LogP contribution in [0.2, 0.25) is 0 Å². The zero-order valence-electron chi connectivity index (χ0n) is 23.3. The first-order valence-electron chi connectivity index (χ1n) is 13.6. The summed E-state index contributed by atoms with van der Waals surface area (Å²) in [4.78, 5) is 43.3. The molecule has 214 valence electrons. The molecule has 2 aromatic rings. The number of hydrogen-bond acceptors (Lipinski definition) is 5. The Morgan fingerprint density at radius 2 is 1.70 bits per heavy atom. The van der Waals surface area contributed by atoms with Crippen LogP contribution in [0.4, 0.5) is 8.78 Å². The van der Waals surface area contributed by atoms with E-state index in [1.807, 2.05) is 38.1 Å². The number of benzene rings is 2. The van der Waals surface area contributed by atoms with E-state index in [4.69, 9.17) is 0 Å². The summed E-state index contributed by atoms with van der Waals surface area (Å²) in [5.41, 5.74) is 1.83. The van der Waals surface area contributed by atoms with E-state index in [1.165, 1.54) is 23.1 Å². The highest BCUT2D eigenvalue weighted by atomic mass is 19.3. The highest BCUT2D eigenvalue weighted by molar-refractivity contribution is 6.00. The minimum atomic E-state index is -3.84. The van der Waals surface area contributed by atoms with Gasteiger partial charge in [-0.1, -0.05) is 44.2 Å². The van der Waals surface area contributed by atoms with Gasteiger partial charge in [0.25, 0.3) is 0 Å². The maximum Gasteiger partial charge on any atom is 0.586 e. The van der Waals surface area contributed by atoms with Crippen molar-refractivity contribution in [1.82, 2.24) is 15.5 Å². The standard InChI is InChI=1S/C30H35F2N3O5/c1-16(2)12-21-26(36)33-24(20-13-17-8-6-7-9-18(17)14-20)28(38)35(21)25(27(37)34-29(3,4)5)19-10-11-22-23(15-19)40-30(31,32)39-22/h6-11,15-16,20-21,24-25H,12-14H2,1-5H3,(H,33,36)(H,34,37)/t21?,24-,25?/m1/s1. The van der Waals surface area contributed by atoms with Crippen molar-refractivity contribution < 1.29 is 32.6 Å². The monoisotopic (exact) mass is 555 g/mol. The second-order valence-electron chi connectivity index (χ2n) is 12.3. The van der Waals surface area contributed by atoms with Gasteiger partial charge in [0.05, 0.1) is 0 Å². The number of fused-ring (bicyclic) bond motifs is 2. The number of hydrogen-bond donors (Lipinski definition) is 2. The fourth-order valence-electron chi connectivity index (χ4n) is 5.89. The molecule has 0 aromatic heterocycles. The highest BCUT2D eigenvalue weighted by Gasteiger charge is 2.50. The van der Waals surface area contributed by atoms with Gasteiger partial charge in [-0.25, -0.2) is 0 Å². The predicted molar refractivity (Wildman–Crippen MR) is 143 cm³/mol. The van der Waals surface area contributed by atoms with Crippen LogP contribution in [0.1, 0.15) is 63.8 Å². The number of halogens is 2. The molecule has 2 aromatic carbocycles. The lowest BCUT2D eigenvalue weighted by molar-refractivity contribution is -0.286. The lowest BCUT2D eigenvalue weighted by Gasteiger charge is -2.45. The smallest absolute Gasteiger partial charge is 0.395 e. The number of nitrogens with one attached hydrogen (secondary N) is 2. The molecule has 1 fully saturated rings. The quantitative estimate of drug-likeness (QED) is 0.559. The van der Waals surface area contributed by atoms with Gasteiger partial charge in [-0.15, -0.1) is 8.78 Å². The van der Waals surface area contributed by atoms with Crippen molar-refractivity contribution in [1.29, 1.82) is 0 Å². The number of ether oxygens (including phenoxy) is 2. The summed E-state index contributed by atoms with van der Waals surface area (Å²) >= 11 is 0. The Hall–Kier alpha value is -3.69. The maximum absolute atomic E-state index is 14.4. The second kappa shape index (κ2) is 10.1. The van der Waals surface area contributed by atoms with E-state index in [0.29, 0.717) is 19.3 Å². The molecular formula is C30H35F2N3O5. The molecule has 3 amide bonds. The Bertz CT molecular complexity index is 1310. The summed E-state index contributed by atoms with van der Waals surface area (Å²) in [6, 6.07) is 8.93. The first kappa shape index (κ1) is 27.9. The predicted octanol–water partition coefficient (Wildman–Crippen LogP) is 4.12. The molecule has 10 heteroatoms. The van der Waals surface area contributed by atoms with Crippen LogP contribution < -0.4 is 20.1 Å². The Morgan fingerprint density at radius 3 is 2.30 bits per heavy atom. The van der Waals surface area contributed by atoms with Gasteiger partial charge in [-0.3, -0.25) is 14.4 Å². The van der Waals surface area contributed by atoms with Crippen LogP contribution in [0.15, 0.2) is 42.5 Å². The molecule has 8 nitrogen and oxygen atoms in total. The first-order valence-corrected chi connectivity index (χ1v) is 13.6. The summed E-state index contributed by atoms with van der Waals surface area (Å²) in [7, 11) is 0. The topological polar surface area (TPSA) is 97.0 Å². The van der Waals surface area contributed by atoms with Crippen molar-refractivity contribution in [2.45, 2.75) is 83.8 Å². The Kier molecular flexibility index (Phi) is 7.00. The van der Waals surface area contributed by atoms with E-state index in [2.05, 4.69) is 20.1 Å². The summed E-state index contributed by atoms with van der Waals surface area (Å²) < 4.78 is 36.8. The molecule has 0 saturated carbocycles. The highest BCUT2D eigenvalue weighted by Crippen LogP contribution is 2.44. The third kappa shape index (κ3) is 5.48. The third-order valence-corrected chi connectivity index (χ3v) is 7.47. The van der Waals surface area contributed by atoms with Gasteiger partial charge in [0.1, 0.15) is 18.1 Å². The SMILES string of the molecule is CC(C)CC1C(=O)N[C@H](C2Cc3ccccc3C2)C(=O)N1C(C(=O)NC(C)(C)C)c1ccc2c(c1)OC(F)(F)O2. The van der Waals surface area contributed by atoms with Crippen LogP contribution in [-0.2, 0) is 27.2 Å². The Balaban J connectivity index is 1.57. The summed E-state index contributed by atoms with van der Waals surface area (Å²) in [6.07, 6.45) is -2.29. The van der Waals surface area contributed by atoms with Crippen molar-refractivity contribution in [2.75, 3.05) is 0 Å². The van der Waals surface area contributed by atoms with Gasteiger partial charge in [0.15, 0.2) is 11.5 Å². The number of alkyl halides is 2. The zero-order chi connectivity index (χ0) is 29.0. The van der Waals surface area contributed by atoms with E-state index in [0.717, 1.165) is 11.1 Å². The molecule has 2 unspecified atom stereocenters. The van der Waals surface area contributed by atoms with Crippen molar-refractivity contribution >= 4 is 17.7 Å². The van der Waals surface area contributed by atoms with Crippen LogP contribution >= 0.6 is 0 Å². The summed E-state index contributed by atoms with van der Waals surface area (Å²) in [5, 5.41) is 5.89. The lowest BCUT2D eigenvalue weighted by atomic mass is 9.87. The molecule has 0 bridgehead atoms. The van der Waals surface area contributed by atoms with Crippen LogP contribution in [0.5, 0.6) is 11.5 Å². The lowest BCUT2D eigenvalue weighted by Crippen LogP contribution is -2.67. The second-order valence-corrected chi connectivity index (χ2v) is 12.3. The first-order chi connectivity index (χ1) is 18.7. The Morgan fingerprint density at radius 1 is 1.07 bits per heavy atom. The van der Waals surface area contributed by atoms with Crippen molar-refractivity contribution in [3.05, 3.63) is 59.2 Å². The van der Waals surface area contributed by atoms with Crippen molar-refractivity contribution in [2.24, 2.45) is 11.8 Å². The van der Waals surface area contributed by atoms with Gasteiger partial charge in [0, 0.05) is 5.54 Å². The molecule has 5 rings (SSSR count). The maximum atomic E-state index is 14.4. The molecule has 0 radical (unpaired) electrons. The molecular weight excluding hydrogens is 520 g/mol. The van der Waals surface area contributed by atoms with E-state index in [9.17, 15) is 23.2 Å². The van der Waals surface area contributed by atoms with E-state index in [1.54, 1.807) is 20.8 Å². The number of carbonyl (C=O) groups is 3. The fourth-order valence-corrected chi connectivity index (χ4v) is 5.89. The van der Waals surface area contributed by atoms with Crippen molar-refractivity contribution in [3.63, 3.8) is 0 Å². The fraction of sp³-hybridized carbons (Fsp3) is 0.500. The van der Waals surface area contributed by atoms with E-state index >= 15 is 0 Å². The Labute approximate surface area is 232 Å². The third-order valence-electron chi connectivity index (χ3n) is 7.47. The largest absolute Gasteiger partial charge is 0.586 e. The summed E-state index contributed by atoms with van der Waals surface area (Å²) in [6.45, 7) is 9.27. The molecule has 2 aliphatic heterocycles. The molecule has 3 aliphatic rings. The minimum Gasteiger partial charge on any atom is -0.395 e. The van der Waals surface area contributed by atoms with Crippen LogP contribution in [0.25, 0.3) is 0 Å². The molecule has 0 spiro atoms. The van der Waals surface area contributed by atoms with Crippen molar-refractivity contribution in [3.8, 4) is 11.5 Å². The molecule has 1 aliphatic carbocycles. The van der Waals surface area contributed by atoms with Crippen LogP contribution in [-0.4, -0.2) is 46.5 Å². The normalized spacial score (nSPS) is 22.8. The number of rotatable bonds is 6. The average Bonchev–Trinajstić information content (AvgIpc) is 3.40. The molecule has 2 N–H and O–H groups in total. The molecule has 3 atom stereocenters. The van der Waals surface area contributed by atoms with E-state index in [-0.39, 0.29) is 40.7 Å².